The third kappa shape index (κ3) is 5.79. The van der Waals surface area contributed by atoms with Crippen molar-refractivity contribution in [2.75, 3.05) is 13.2 Å². The molecule has 0 spiro atoms. The van der Waals surface area contributed by atoms with Gasteiger partial charge in [0.1, 0.15) is 0 Å². The topological polar surface area (TPSA) is 30.5 Å². The van der Waals surface area contributed by atoms with Crippen molar-refractivity contribution in [1.29, 1.82) is 0 Å². The zero-order valence-electron chi connectivity index (χ0n) is 12.2. The molecule has 0 radical (unpaired) electrons. The van der Waals surface area contributed by atoms with Gasteiger partial charge in [-0.1, -0.05) is 26.0 Å². The standard InChI is InChI=1S/C16H25NO2/c1-5-7-10-19-15-9-8-14(12-17-13(3)4)11-16(15)18-6-2/h5,8-9,11,13,17H,1,6-7,10,12H2,2-4H3. The van der Waals surface area contributed by atoms with Crippen LogP contribution in [0.2, 0.25) is 0 Å². The minimum absolute atomic E-state index is 0.471. The van der Waals surface area contributed by atoms with Crippen LogP contribution < -0.4 is 14.8 Å². The van der Waals surface area contributed by atoms with Crippen molar-refractivity contribution in [3.63, 3.8) is 0 Å². The molecule has 0 aromatic heterocycles. The Bertz CT molecular complexity index is 388. The van der Waals surface area contributed by atoms with Gasteiger partial charge in [-0.25, -0.2) is 0 Å². The molecule has 3 nitrogen and oxygen atoms in total. The molecule has 1 N–H and O–H groups in total. The fourth-order valence-electron chi connectivity index (χ4n) is 1.62. The molecule has 1 aromatic rings. The Kier molecular flexibility index (Phi) is 7.04. The first-order valence-electron chi connectivity index (χ1n) is 6.90. The molecule has 3 heteroatoms. The van der Waals surface area contributed by atoms with Crippen LogP contribution >= 0.6 is 0 Å². The normalized spacial score (nSPS) is 10.5. The number of hydrogen-bond acceptors (Lipinski definition) is 3. The molecule has 0 aliphatic carbocycles. The van der Waals surface area contributed by atoms with Crippen molar-refractivity contribution in [2.45, 2.75) is 39.8 Å². The lowest BCUT2D eigenvalue weighted by Gasteiger charge is -2.14. The number of hydrogen-bond donors (Lipinski definition) is 1. The lowest BCUT2D eigenvalue weighted by atomic mass is 10.2. The molecule has 0 saturated heterocycles. The smallest absolute Gasteiger partial charge is 0.161 e. The van der Waals surface area contributed by atoms with E-state index in [-0.39, 0.29) is 0 Å². The molecule has 19 heavy (non-hydrogen) atoms. The zero-order chi connectivity index (χ0) is 14.1. The highest BCUT2D eigenvalue weighted by atomic mass is 16.5. The van der Waals surface area contributed by atoms with Crippen molar-refractivity contribution in [2.24, 2.45) is 0 Å². The molecule has 0 saturated carbocycles. The first-order valence-corrected chi connectivity index (χ1v) is 6.90. The number of benzene rings is 1. The van der Waals surface area contributed by atoms with E-state index in [0.717, 1.165) is 24.5 Å². The summed E-state index contributed by atoms with van der Waals surface area (Å²) in [5, 5.41) is 3.39. The summed E-state index contributed by atoms with van der Waals surface area (Å²) in [6.45, 7) is 12.0. The number of nitrogens with one attached hydrogen (secondary N) is 1. The van der Waals surface area contributed by atoms with E-state index >= 15 is 0 Å². The van der Waals surface area contributed by atoms with Crippen molar-refractivity contribution < 1.29 is 9.47 Å². The Morgan fingerprint density at radius 3 is 2.68 bits per heavy atom. The number of rotatable bonds is 9. The zero-order valence-corrected chi connectivity index (χ0v) is 12.2. The SMILES string of the molecule is C=CCCOc1ccc(CNC(C)C)cc1OCC. The summed E-state index contributed by atoms with van der Waals surface area (Å²) in [6.07, 6.45) is 2.68. The summed E-state index contributed by atoms with van der Waals surface area (Å²) in [6, 6.07) is 6.56. The van der Waals surface area contributed by atoms with Gasteiger partial charge in [-0.05, 0) is 31.0 Å². The van der Waals surface area contributed by atoms with E-state index in [4.69, 9.17) is 9.47 Å². The Morgan fingerprint density at radius 1 is 1.26 bits per heavy atom. The van der Waals surface area contributed by atoms with Crippen LogP contribution in [0.3, 0.4) is 0 Å². The fourth-order valence-corrected chi connectivity index (χ4v) is 1.62. The minimum Gasteiger partial charge on any atom is -0.490 e. The van der Waals surface area contributed by atoms with Gasteiger partial charge in [0.15, 0.2) is 11.5 Å². The first-order chi connectivity index (χ1) is 9.17. The highest BCUT2D eigenvalue weighted by Gasteiger charge is 2.06. The second-order valence-electron chi connectivity index (χ2n) is 4.68. The summed E-state index contributed by atoms with van der Waals surface area (Å²) in [7, 11) is 0. The van der Waals surface area contributed by atoms with Crippen LogP contribution in [-0.4, -0.2) is 19.3 Å². The predicted molar refractivity (Wildman–Crippen MR) is 79.9 cm³/mol. The van der Waals surface area contributed by atoms with Gasteiger partial charge in [-0.2, -0.15) is 0 Å². The van der Waals surface area contributed by atoms with Gasteiger partial charge in [0.25, 0.3) is 0 Å². The molecule has 0 fully saturated rings. The highest BCUT2D eigenvalue weighted by Crippen LogP contribution is 2.28. The van der Waals surface area contributed by atoms with Gasteiger partial charge in [-0.15, -0.1) is 6.58 Å². The van der Waals surface area contributed by atoms with E-state index < -0.39 is 0 Å². The monoisotopic (exact) mass is 263 g/mol. The average molecular weight is 263 g/mol. The Hall–Kier alpha value is -1.48. The highest BCUT2D eigenvalue weighted by molar-refractivity contribution is 5.43. The summed E-state index contributed by atoms with van der Waals surface area (Å²) < 4.78 is 11.3. The van der Waals surface area contributed by atoms with Crippen LogP contribution in [-0.2, 0) is 6.54 Å². The van der Waals surface area contributed by atoms with Crippen molar-refractivity contribution in [3.8, 4) is 11.5 Å². The molecule has 0 unspecified atom stereocenters. The van der Waals surface area contributed by atoms with Crippen LogP contribution in [0, 0.1) is 0 Å². The van der Waals surface area contributed by atoms with Gasteiger partial charge < -0.3 is 14.8 Å². The maximum atomic E-state index is 5.69. The number of ether oxygens (including phenoxy) is 2. The summed E-state index contributed by atoms with van der Waals surface area (Å²) in [4.78, 5) is 0. The van der Waals surface area contributed by atoms with E-state index in [1.54, 1.807) is 0 Å². The summed E-state index contributed by atoms with van der Waals surface area (Å²) in [5.74, 6) is 1.62. The molecular weight excluding hydrogens is 238 g/mol. The first kappa shape index (κ1) is 15.6. The molecule has 0 aliphatic heterocycles. The average Bonchev–Trinajstić information content (AvgIpc) is 2.39. The second-order valence-corrected chi connectivity index (χ2v) is 4.68. The third-order valence-corrected chi connectivity index (χ3v) is 2.60. The van der Waals surface area contributed by atoms with Crippen molar-refractivity contribution in [1.82, 2.24) is 5.32 Å². The third-order valence-electron chi connectivity index (χ3n) is 2.60. The quantitative estimate of drug-likeness (QED) is 0.546. The maximum Gasteiger partial charge on any atom is 0.161 e. The predicted octanol–water partition coefficient (Wildman–Crippen LogP) is 3.54. The summed E-state index contributed by atoms with van der Waals surface area (Å²) >= 11 is 0. The molecule has 0 aliphatic rings. The molecule has 0 atom stereocenters. The molecule has 0 bridgehead atoms. The van der Waals surface area contributed by atoms with E-state index in [9.17, 15) is 0 Å². The molecule has 1 aromatic carbocycles. The maximum absolute atomic E-state index is 5.69. The van der Waals surface area contributed by atoms with E-state index in [1.165, 1.54) is 5.56 Å². The van der Waals surface area contributed by atoms with Crippen LogP contribution in [0.15, 0.2) is 30.9 Å². The van der Waals surface area contributed by atoms with E-state index in [2.05, 4.69) is 31.8 Å². The molecule has 106 valence electrons. The van der Waals surface area contributed by atoms with Gasteiger partial charge in [-0.3, -0.25) is 0 Å². The van der Waals surface area contributed by atoms with E-state index in [1.807, 2.05) is 25.1 Å². The minimum atomic E-state index is 0.471. The van der Waals surface area contributed by atoms with Crippen molar-refractivity contribution in [3.05, 3.63) is 36.4 Å². The Morgan fingerprint density at radius 2 is 2.05 bits per heavy atom. The van der Waals surface area contributed by atoms with Crippen LogP contribution in [0.25, 0.3) is 0 Å². The lowest BCUT2D eigenvalue weighted by Crippen LogP contribution is -2.21. The fraction of sp³-hybridized carbons (Fsp3) is 0.500. The van der Waals surface area contributed by atoms with Crippen LogP contribution in [0.1, 0.15) is 32.8 Å². The molecule has 1 rings (SSSR count). The van der Waals surface area contributed by atoms with Gasteiger partial charge in [0.05, 0.1) is 13.2 Å². The van der Waals surface area contributed by atoms with Gasteiger partial charge in [0.2, 0.25) is 0 Å². The Labute approximate surface area is 116 Å². The van der Waals surface area contributed by atoms with Crippen LogP contribution in [0.5, 0.6) is 11.5 Å². The Balaban J connectivity index is 2.72. The molecule has 0 heterocycles. The van der Waals surface area contributed by atoms with Crippen molar-refractivity contribution >= 4 is 0 Å². The summed E-state index contributed by atoms with van der Waals surface area (Å²) in [5.41, 5.74) is 1.20. The molecular formula is C16H25NO2. The van der Waals surface area contributed by atoms with Crippen LogP contribution in [0.4, 0.5) is 0 Å². The largest absolute Gasteiger partial charge is 0.490 e. The van der Waals surface area contributed by atoms with Gasteiger partial charge >= 0.3 is 0 Å². The lowest BCUT2D eigenvalue weighted by molar-refractivity contribution is 0.280. The van der Waals surface area contributed by atoms with Gasteiger partial charge in [0, 0.05) is 12.6 Å². The molecule has 0 amide bonds. The second kappa shape index (κ2) is 8.59. The van der Waals surface area contributed by atoms with E-state index in [0.29, 0.717) is 19.3 Å².